The Morgan fingerprint density at radius 2 is 1.89 bits per heavy atom. The van der Waals surface area contributed by atoms with Gasteiger partial charge >= 0.3 is 5.97 Å². The van der Waals surface area contributed by atoms with Crippen molar-refractivity contribution in [3.8, 4) is 11.5 Å². The molecule has 0 aliphatic carbocycles. The molecule has 0 radical (unpaired) electrons. The van der Waals surface area contributed by atoms with Crippen LogP contribution in [0.1, 0.15) is 28.4 Å². The van der Waals surface area contributed by atoms with Crippen LogP contribution in [0.4, 0.5) is 0 Å². The van der Waals surface area contributed by atoms with Crippen LogP contribution in [-0.2, 0) is 9.53 Å². The molecule has 0 atom stereocenters. The molecule has 2 aromatic carbocycles. The number of rotatable bonds is 8. The molecule has 1 N–H and O–H groups in total. The van der Waals surface area contributed by atoms with Crippen LogP contribution >= 0.6 is 0 Å². The van der Waals surface area contributed by atoms with Crippen molar-refractivity contribution in [1.29, 1.82) is 0 Å². The van der Waals surface area contributed by atoms with Crippen LogP contribution in [0.2, 0.25) is 0 Å². The summed E-state index contributed by atoms with van der Waals surface area (Å²) in [4.78, 5) is 23.4. The van der Waals surface area contributed by atoms with Gasteiger partial charge in [0.2, 0.25) is 0 Å². The van der Waals surface area contributed by atoms with Gasteiger partial charge in [-0.2, -0.15) is 5.10 Å². The van der Waals surface area contributed by atoms with E-state index in [9.17, 15) is 9.59 Å². The molecular weight excluding hydrogens is 348 g/mol. The molecule has 7 nitrogen and oxygen atoms in total. The van der Waals surface area contributed by atoms with Crippen molar-refractivity contribution in [3.63, 3.8) is 0 Å². The SMILES string of the molecule is CCOc1cc(/C=N/NC(=O)c2ccccc2C)ccc1OCC(=O)OC. The van der Waals surface area contributed by atoms with E-state index in [1.54, 1.807) is 30.3 Å². The highest BCUT2D eigenvalue weighted by Gasteiger charge is 2.09. The summed E-state index contributed by atoms with van der Waals surface area (Å²) in [6, 6.07) is 12.4. The predicted molar refractivity (Wildman–Crippen MR) is 101 cm³/mol. The number of esters is 1. The normalized spacial score (nSPS) is 10.5. The van der Waals surface area contributed by atoms with Gasteiger partial charge in [0.05, 0.1) is 19.9 Å². The van der Waals surface area contributed by atoms with Crippen molar-refractivity contribution in [2.75, 3.05) is 20.3 Å². The van der Waals surface area contributed by atoms with Crippen molar-refractivity contribution in [2.24, 2.45) is 5.10 Å². The van der Waals surface area contributed by atoms with Crippen LogP contribution < -0.4 is 14.9 Å². The van der Waals surface area contributed by atoms with Gasteiger partial charge < -0.3 is 14.2 Å². The number of amides is 1. The van der Waals surface area contributed by atoms with Crippen molar-refractivity contribution in [1.82, 2.24) is 5.43 Å². The number of carbonyl (C=O) groups excluding carboxylic acids is 2. The minimum atomic E-state index is -0.484. The molecule has 0 aliphatic rings. The number of aryl methyl sites for hydroxylation is 1. The first-order valence-electron chi connectivity index (χ1n) is 8.40. The monoisotopic (exact) mass is 370 g/mol. The number of ether oxygens (including phenoxy) is 3. The van der Waals surface area contributed by atoms with E-state index in [0.717, 1.165) is 5.56 Å². The van der Waals surface area contributed by atoms with Gasteiger partial charge in [-0.15, -0.1) is 0 Å². The van der Waals surface area contributed by atoms with Crippen molar-refractivity contribution in [3.05, 3.63) is 59.2 Å². The van der Waals surface area contributed by atoms with Gasteiger partial charge in [-0.3, -0.25) is 4.79 Å². The molecule has 1 amide bonds. The molecule has 0 aromatic heterocycles. The third kappa shape index (κ3) is 5.85. The van der Waals surface area contributed by atoms with E-state index < -0.39 is 5.97 Å². The lowest BCUT2D eigenvalue weighted by Gasteiger charge is -2.11. The van der Waals surface area contributed by atoms with Gasteiger partial charge in [0.1, 0.15) is 0 Å². The first-order chi connectivity index (χ1) is 13.0. The Morgan fingerprint density at radius 3 is 2.59 bits per heavy atom. The predicted octanol–water partition coefficient (Wildman–Crippen LogP) is 2.71. The number of carbonyl (C=O) groups is 2. The summed E-state index contributed by atoms with van der Waals surface area (Å²) in [5, 5.41) is 3.98. The molecule has 142 valence electrons. The number of nitrogens with zero attached hydrogens (tertiary/aromatic N) is 1. The molecule has 7 heteroatoms. The second kappa shape index (κ2) is 9.96. The smallest absolute Gasteiger partial charge is 0.343 e. The summed E-state index contributed by atoms with van der Waals surface area (Å²) in [5.41, 5.74) is 4.64. The van der Waals surface area contributed by atoms with E-state index in [1.807, 2.05) is 26.0 Å². The largest absolute Gasteiger partial charge is 0.490 e. The van der Waals surface area contributed by atoms with Crippen molar-refractivity contribution >= 4 is 18.1 Å². The lowest BCUT2D eigenvalue weighted by Crippen LogP contribution is -2.18. The number of hydrazone groups is 1. The van der Waals surface area contributed by atoms with Crippen LogP contribution in [0.3, 0.4) is 0 Å². The highest BCUT2D eigenvalue weighted by Crippen LogP contribution is 2.28. The first kappa shape index (κ1) is 20.0. The summed E-state index contributed by atoms with van der Waals surface area (Å²) in [6.45, 7) is 3.92. The highest BCUT2D eigenvalue weighted by atomic mass is 16.6. The topological polar surface area (TPSA) is 86.2 Å². The lowest BCUT2D eigenvalue weighted by molar-refractivity contribution is -0.142. The Hall–Kier alpha value is -3.35. The van der Waals surface area contributed by atoms with Gasteiger partial charge in [0, 0.05) is 5.56 Å². The summed E-state index contributed by atoms with van der Waals surface area (Å²) in [6.07, 6.45) is 1.50. The molecule has 0 heterocycles. The highest BCUT2D eigenvalue weighted by molar-refractivity contribution is 5.96. The summed E-state index contributed by atoms with van der Waals surface area (Å²) in [5.74, 6) is 0.119. The maximum Gasteiger partial charge on any atom is 0.343 e. The molecule has 0 unspecified atom stereocenters. The Labute approximate surface area is 157 Å². The molecule has 0 bridgehead atoms. The van der Waals surface area contributed by atoms with E-state index in [4.69, 9.17) is 9.47 Å². The van der Waals surface area contributed by atoms with Crippen LogP contribution in [0.15, 0.2) is 47.6 Å². The molecule has 0 spiro atoms. The number of hydrogen-bond donors (Lipinski definition) is 1. The van der Waals surface area contributed by atoms with Crippen LogP contribution in [-0.4, -0.2) is 38.4 Å². The maximum atomic E-state index is 12.1. The fraction of sp³-hybridized carbons (Fsp3) is 0.250. The quantitative estimate of drug-likeness (QED) is 0.439. The molecule has 0 fully saturated rings. The molecule has 27 heavy (non-hydrogen) atoms. The molecule has 2 aromatic rings. The van der Waals surface area contributed by atoms with E-state index in [1.165, 1.54) is 13.3 Å². The molecule has 0 aliphatic heterocycles. The maximum absolute atomic E-state index is 12.1. The van der Waals surface area contributed by atoms with E-state index in [0.29, 0.717) is 29.2 Å². The second-order valence-electron chi connectivity index (χ2n) is 5.52. The molecular formula is C20H22N2O5. The summed E-state index contributed by atoms with van der Waals surface area (Å²) < 4.78 is 15.5. The molecule has 2 rings (SSSR count). The van der Waals surface area contributed by atoms with Gasteiger partial charge in [0.25, 0.3) is 5.91 Å². The average Bonchev–Trinajstić information content (AvgIpc) is 2.67. The van der Waals surface area contributed by atoms with Crippen LogP contribution in [0, 0.1) is 6.92 Å². The van der Waals surface area contributed by atoms with Gasteiger partial charge in [-0.05, 0) is 49.2 Å². The number of nitrogens with one attached hydrogen (secondary N) is 1. The number of hydrogen-bond acceptors (Lipinski definition) is 6. The number of methoxy groups -OCH3 is 1. The van der Waals surface area contributed by atoms with Crippen molar-refractivity contribution < 1.29 is 23.8 Å². The zero-order valence-electron chi connectivity index (χ0n) is 15.5. The molecule has 0 saturated heterocycles. The molecule has 0 saturated carbocycles. The van der Waals surface area contributed by atoms with Gasteiger partial charge in [-0.25, -0.2) is 10.2 Å². The first-order valence-corrected chi connectivity index (χ1v) is 8.40. The summed E-state index contributed by atoms with van der Waals surface area (Å²) in [7, 11) is 1.29. The minimum Gasteiger partial charge on any atom is -0.490 e. The van der Waals surface area contributed by atoms with E-state index >= 15 is 0 Å². The Balaban J connectivity index is 2.06. The zero-order valence-corrected chi connectivity index (χ0v) is 15.5. The minimum absolute atomic E-state index is 0.212. The van der Waals surface area contributed by atoms with Crippen LogP contribution in [0.25, 0.3) is 0 Å². The zero-order chi connectivity index (χ0) is 19.6. The Kier molecular flexibility index (Phi) is 7.37. The Bertz CT molecular complexity index is 833. The third-order valence-electron chi connectivity index (χ3n) is 3.61. The number of benzene rings is 2. The van der Waals surface area contributed by atoms with Gasteiger partial charge in [-0.1, -0.05) is 18.2 Å². The Morgan fingerprint density at radius 1 is 1.11 bits per heavy atom. The second-order valence-corrected chi connectivity index (χ2v) is 5.52. The fourth-order valence-electron chi connectivity index (χ4n) is 2.24. The lowest BCUT2D eigenvalue weighted by atomic mass is 10.1. The summed E-state index contributed by atoms with van der Waals surface area (Å²) >= 11 is 0. The van der Waals surface area contributed by atoms with Gasteiger partial charge in [0.15, 0.2) is 18.1 Å². The van der Waals surface area contributed by atoms with Crippen LogP contribution in [0.5, 0.6) is 11.5 Å². The fourth-order valence-corrected chi connectivity index (χ4v) is 2.24. The standard InChI is InChI=1S/C20H22N2O5/c1-4-26-18-11-15(9-10-17(18)27-13-19(23)25-3)12-21-22-20(24)16-8-6-5-7-14(16)2/h5-12H,4,13H2,1-3H3,(H,22,24)/b21-12+. The average molecular weight is 370 g/mol. The van der Waals surface area contributed by atoms with Crippen molar-refractivity contribution in [2.45, 2.75) is 13.8 Å². The van der Waals surface area contributed by atoms with E-state index in [2.05, 4.69) is 15.3 Å². The van der Waals surface area contributed by atoms with E-state index in [-0.39, 0.29) is 12.5 Å². The third-order valence-corrected chi connectivity index (χ3v) is 3.61.